The molecule has 0 bridgehead atoms. The summed E-state index contributed by atoms with van der Waals surface area (Å²) in [5.41, 5.74) is -0.965. The van der Waals surface area contributed by atoms with Crippen LogP contribution < -0.4 is 5.63 Å². The lowest BCUT2D eigenvalue weighted by molar-refractivity contribution is -0.117. The molecular weight excluding hydrogens is 335 g/mol. The predicted octanol–water partition coefficient (Wildman–Crippen LogP) is 2.76. The molecule has 3 aromatic rings. The highest BCUT2D eigenvalue weighted by Gasteiger charge is 2.42. The SMILES string of the molecule is CC(C)C1(O)COCc2c1oc(=O)c1sc(-c3c[nH]nc3F)cc21. The molecule has 1 aliphatic rings. The van der Waals surface area contributed by atoms with Crippen LogP contribution in [0.25, 0.3) is 20.5 Å². The zero-order chi connectivity index (χ0) is 17.1. The van der Waals surface area contributed by atoms with Gasteiger partial charge in [-0.15, -0.1) is 16.4 Å². The Morgan fingerprint density at radius 1 is 1.50 bits per heavy atom. The first kappa shape index (κ1) is 15.5. The molecule has 2 N–H and O–H groups in total. The Hall–Kier alpha value is -2.03. The number of thiophene rings is 1. The largest absolute Gasteiger partial charge is 0.423 e. The van der Waals surface area contributed by atoms with Crippen molar-refractivity contribution >= 4 is 21.4 Å². The van der Waals surface area contributed by atoms with Crippen molar-refractivity contribution in [1.82, 2.24) is 10.2 Å². The first-order valence-electron chi connectivity index (χ1n) is 7.51. The molecular formula is C16H15FN2O4S. The van der Waals surface area contributed by atoms with Gasteiger partial charge >= 0.3 is 5.63 Å². The van der Waals surface area contributed by atoms with E-state index in [0.717, 1.165) is 11.3 Å². The van der Waals surface area contributed by atoms with Crippen LogP contribution in [0.5, 0.6) is 0 Å². The summed E-state index contributed by atoms with van der Waals surface area (Å²) < 4.78 is 25.1. The minimum atomic E-state index is -1.36. The number of aromatic amines is 1. The second-order valence-electron chi connectivity index (χ2n) is 6.21. The molecule has 24 heavy (non-hydrogen) atoms. The van der Waals surface area contributed by atoms with Crippen molar-refractivity contribution in [1.29, 1.82) is 0 Å². The van der Waals surface area contributed by atoms with Crippen molar-refractivity contribution < 1.29 is 18.7 Å². The quantitative estimate of drug-likeness (QED) is 0.742. The van der Waals surface area contributed by atoms with Gasteiger partial charge in [-0.3, -0.25) is 5.10 Å². The second kappa shape index (κ2) is 5.23. The number of fused-ring (bicyclic) bond motifs is 3. The minimum Gasteiger partial charge on any atom is -0.423 e. The third kappa shape index (κ3) is 2.07. The molecule has 1 aliphatic heterocycles. The summed E-state index contributed by atoms with van der Waals surface area (Å²) in [5, 5.41) is 17.4. The monoisotopic (exact) mass is 350 g/mol. The number of halogens is 1. The van der Waals surface area contributed by atoms with Gasteiger partial charge in [-0.2, -0.15) is 4.39 Å². The molecule has 0 aliphatic carbocycles. The van der Waals surface area contributed by atoms with Gasteiger partial charge in [0, 0.05) is 22.0 Å². The topological polar surface area (TPSA) is 88.4 Å². The number of H-pyrrole nitrogens is 1. The fraction of sp³-hybridized carbons (Fsp3) is 0.375. The smallest absolute Gasteiger partial charge is 0.354 e. The summed E-state index contributed by atoms with van der Waals surface area (Å²) in [6.45, 7) is 3.97. The molecule has 1 unspecified atom stereocenters. The molecule has 0 radical (unpaired) electrons. The van der Waals surface area contributed by atoms with E-state index in [4.69, 9.17) is 9.15 Å². The molecule has 4 rings (SSSR count). The summed E-state index contributed by atoms with van der Waals surface area (Å²) in [6, 6.07) is 1.72. The van der Waals surface area contributed by atoms with E-state index in [-0.39, 0.29) is 24.9 Å². The van der Waals surface area contributed by atoms with Crippen LogP contribution in [0, 0.1) is 11.9 Å². The lowest BCUT2D eigenvalue weighted by Gasteiger charge is -2.35. The van der Waals surface area contributed by atoms with Crippen LogP contribution in [0.2, 0.25) is 0 Å². The fourth-order valence-electron chi connectivity index (χ4n) is 2.96. The minimum absolute atomic E-state index is 0.0689. The first-order chi connectivity index (χ1) is 11.4. The third-order valence-corrected chi connectivity index (χ3v) is 5.64. The maximum Gasteiger partial charge on any atom is 0.354 e. The van der Waals surface area contributed by atoms with Gasteiger partial charge in [-0.25, -0.2) is 4.79 Å². The Kier molecular flexibility index (Phi) is 3.38. The lowest BCUT2D eigenvalue weighted by atomic mass is 9.84. The zero-order valence-corrected chi connectivity index (χ0v) is 13.9. The highest BCUT2D eigenvalue weighted by molar-refractivity contribution is 7.22. The average molecular weight is 350 g/mol. The van der Waals surface area contributed by atoms with Crippen molar-refractivity contribution in [2.75, 3.05) is 6.61 Å². The summed E-state index contributed by atoms with van der Waals surface area (Å²) in [6.07, 6.45) is 1.44. The highest BCUT2D eigenvalue weighted by atomic mass is 32.1. The van der Waals surface area contributed by atoms with Crippen LogP contribution in [-0.4, -0.2) is 21.9 Å². The van der Waals surface area contributed by atoms with E-state index in [1.807, 2.05) is 13.8 Å². The highest BCUT2D eigenvalue weighted by Crippen LogP contribution is 2.41. The van der Waals surface area contributed by atoms with Gasteiger partial charge < -0.3 is 14.3 Å². The molecule has 0 amide bonds. The summed E-state index contributed by atoms with van der Waals surface area (Å²) in [7, 11) is 0. The van der Waals surface area contributed by atoms with E-state index in [9.17, 15) is 14.3 Å². The molecule has 4 heterocycles. The Balaban J connectivity index is 2.00. The van der Waals surface area contributed by atoms with Gasteiger partial charge in [0.1, 0.15) is 16.1 Å². The number of hydrogen-bond donors (Lipinski definition) is 2. The molecule has 0 aromatic carbocycles. The molecule has 0 saturated heterocycles. The van der Waals surface area contributed by atoms with Gasteiger partial charge in [-0.05, 0) is 12.0 Å². The van der Waals surface area contributed by atoms with Crippen molar-refractivity contribution in [3.05, 3.63) is 40.0 Å². The van der Waals surface area contributed by atoms with Crippen LogP contribution in [0.1, 0.15) is 25.2 Å². The standard InChI is InChI=1S/C16H15FN2O4S/c1-7(2)16(21)6-22-5-10-8-3-11(9-4-18-19-14(9)17)24-12(8)15(20)23-13(10)16/h3-4,7,21H,5-6H2,1-2H3,(H,18,19). The molecule has 126 valence electrons. The number of ether oxygens (including phenoxy) is 1. The van der Waals surface area contributed by atoms with Gasteiger partial charge in [0.2, 0.25) is 5.95 Å². The average Bonchev–Trinajstić information content (AvgIpc) is 3.15. The van der Waals surface area contributed by atoms with Gasteiger partial charge in [0.15, 0.2) is 0 Å². The van der Waals surface area contributed by atoms with Gasteiger partial charge in [0.25, 0.3) is 0 Å². The Labute approximate surface area is 139 Å². The summed E-state index contributed by atoms with van der Waals surface area (Å²) in [5.74, 6) is -0.574. The van der Waals surface area contributed by atoms with E-state index >= 15 is 0 Å². The Morgan fingerprint density at radius 3 is 2.96 bits per heavy atom. The number of aromatic nitrogens is 2. The molecule has 0 fully saturated rings. The van der Waals surface area contributed by atoms with Gasteiger partial charge in [-0.1, -0.05) is 13.8 Å². The third-order valence-electron chi connectivity index (χ3n) is 4.49. The molecule has 6 nitrogen and oxygen atoms in total. The number of rotatable bonds is 2. The second-order valence-corrected chi connectivity index (χ2v) is 7.26. The summed E-state index contributed by atoms with van der Waals surface area (Å²) >= 11 is 1.13. The fourth-order valence-corrected chi connectivity index (χ4v) is 4.03. The number of aliphatic hydroxyl groups is 1. The molecule has 8 heteroatoms. The van der Waals surface area contributed by atoms with E-state index in [1.165, 1.54) is 6.20 Å². The van der Waals surface area contributed by atoms with Crippen molar-refractivity contribution in [2.45, 2.75) is 26.1 Å². The first-order valence-corrected chi connectivity index (χ1v) is 8.33. The normalized spacial score (nSPS) is 20.7. The maximum absolute atomic E-state index is 13.7. The van der Waals surface area contributed by atoms with Crippen LogP contribution in [0.3, 0.4) is 0 Å². The molecule has 3 aromatic heterocycles. The molecule has 0 saturated carbocycles. The van der Waals surface area contributed by atoms with Gasteiger partial charge in [0.05, 0.1) is 18.8 Å². The van der Waals surface area contributed by atoms with E-state index < -0.39 is 17.2 Å². The lowest BCUT2D eigenvalue weighted by Crippen LogP contribution is -2.41. The number of nitrogens with zero attached hydrogens (tertiary/aromatic N) is 1. The number of hydrogen-bond acceptors (Lipinski definition) is 6. The maximum atomic E-state index is 13.7. The van der Waals surface area contributed by atoms with Crippen LogP contribution in [0.4, 0.5) is 4.39 Å². The van der Waals surface area contributed by atoms with Crippen LogP contribution >= 0.6 is 11.3 Å². The van der Waals surface area contributed by atoms with E-state index in [0.29, 0.717) is 26.1 Å². The Morgan fingerprint density at radius 2 is 2.29 bits per heavy atom. The van der Waals surface area contributed by atoms with E-state index in [2.05, 4.69) is 10.2 Å². The van der Waals surface area contributed by atoms with E-state index in [1.54, 1.807) is 6.07 Å². The predicted molar refractivity (Wildman–Crippen MR) is 86.3 cm³/mol. The molecule has 0 spiro atoms. The van der Waals surface area contributed by atoms with Crippen molar-refractivity contribution in [2.24, 2.45) is 5.92 Å². The van der Waals surface area contributed by atoms with Crippen LogP contribution in [0.15, 0.2) is 21.5 Å². The van der Waals surface area contributed by atoms with Crippen molar-refractivity contribution in [3.63, 3.8) is 0 Å². The Bertz CT molecular complexity index is 990. The zero-order valence-electron chi connectivity index (χ0n) is 13.1. The van der Waals surface area contributed by atoms with Crippen LogP contribution in [-0.2, 0) is 16.9 Å². The molecule has 1 atom stereocenters. The van der Waals surface area contributed by atoms with Crippen molar-refractivity contribution in [3.8, 4) is 10.4 Å². The summed E-state index contributed by atoms with van der Waals surface area (Å²) in [4.78, 5) is 13.0. The number of nitrogens with one attached hydrogen (secondary N) is 1.